The number of imidazole rings is 1. The van der Waals surface area contributed by atoms with Gasteiger partial charge in [0.25, 0.3) is 5.91 Å². The van der Waals surface area contributed by atoms with Crippen LogP contribution in [0.5, 0.6) is 5.75 Å². The minimum Gasteiger partial charge on any atom is -0.494 e. The van der Waals surface area contributed by atoms with Crippen LogP contribution in [0.4, 0.5) is 23.7 Å². The number of hydrogen-bond donors (Lipinski definition) is 2. The molecule has 1 aliphatic rings. The number of anilines is 1. The van der Waals surface area contributed by atoms with Crippen molar-refractivity contribution in [3.8, 4) is 5.75 Å². The van der Waals surface area contributed by atoms with Gasteiger partial charge in [0.1, 0.15) is 5.75 Å². The number of carbonyl (C=O) groups is 2. The molecule has 9 nitrogen and oxygen atoms in total. The number of H-pyrrole nitrogens is 1. The van der Waals surface area contributed by atoms with Crippen LogP contribution in [0.25, 0.3) is 11.0 Å². The molecule has 35 heavy (non-hydrogen) atoms. The van der Waals surface area contributed by atoms with Crippen LogP contribution in [0.3, 0.4) is 0 Å². The standard InChI is InChI=1S/C23H23F3N4O5/c1-34-19-13-17-16(12-18(19)30-8-4-10-35-22(30)33)27-21(29(17)7-3-9-31)28-20(32)14-5-2-6-15(11-14)23(24,25)26/h2,5-6,11-13,31H,3-4,7-10H2,1H3,(H,27,28,32). The van der Waals surface area contributed by atoms with Gasteiger partial charge >= 0.3 is 12.3 Å². The number of aromatic amines is 1. The van der Waals surface area contributed by atoms with Crippen molar-refractivity contribution in [2.75, 3.05) is 31.8 Å². The third-order valence-electron chi connectivity index (χ3n) is 5.54. The Bertz CT molecular complexity index is 1330. The number of methoxy groups -OCH3 is 1. The monoisotopic (exact) mass is 492 g/mol. The number of rotatable bonds is 6. The van der Waals surface area contributed by atoms with Crippen LogP contribution in [0, 0.1) is 0 Å². The van der Waals surface area contributed by atoms with Crippen molar-refractivity contribution >= 4 is 28.7 Å². The number of ether oxygens (including phenoxy) is 2. The number of cyclic esters (lactones) is 1. The fourth-order valence-electron chi connectivity index (χ4n) is 3.86. The minimum absolute atomic E-state index is 0.0799. The van der Waals surface area contributed by atoms with E-state index in [9.17, 15) is 27.9 Å². The van der Waals surface area contributed by atoms with Crippen LogP contribution in [0.15, 0.2) is 41.4 Å². The molecule has 0 unspecified atom stereocenters. The maximum atomic E-state index is 13.1. The molecule has 12 heteroatoms. The molecule has 0 radical (unpaired) electrons. The molecule has 1 aliphatic heterocycles. The van der Waals surface area contributed by atoms with E-state index in [1.54, 1.807) is 16.7 Å². The zero-order chi connectivity index (χ0) is 25.2. The maximum Gasteiger partial charge on any atom is 0.416 e. The first kappa shape index (κ1) is 24.3. The van der Waals surface area contributed by atoms with Gasteiger partial charge < -0.3 is 24.1 Å². The average molecular weight is 492 g/mol. The Morgan fingerprint density at radius 3 is 2.77 bits per heavy atom. The second-order valence-electron chi connectivity index (χ2n) is 7.83. The Morgan fingerprint density at radius 2 is 2.09 bits per heavy atom. The Kier molecular flexibility index (Phi) is 6.83. The molecule has 2 aromatic carbocycles. The van der Waals surface area contributed by atoms with E-state index < -0.39 is 23.7 Å². The summed E-state index contributed by atoms with van der Waals surface area (Å²) in [5.74, 6) is -0.490. The number of fused-ring (bicyclic) bond motifs is 1. The lowest BCUT2D eigenvalue weighted by Gasteiger charge is -2.27. The highest BCUT2D eigenvalue weighted by atomic mass is 19.4. The van der Waals surface area contributed by atoms with E-state index in [2.05, 4.69) is 9.98 Å². The Balaban J connectivity index is 1.83. The summed E-state index contributed by atoms with van der Waals surface area (Å²) in [6.45, 7) is 0.885. The molecule has 3 aromatic rings. The van der Waals surface area contributed by atoms with Crippen molar-refractivity contribution in [2.24, 2.45) is 4.99 Å². The van der Waals surface area contributed by atoms with Gasteiger partial charge in [0.05, 0.1) is 36.0 Å². The smallest absolute Gasteiger partial charge is 0.416 e. The number of aryl methyl sites for hydroxylation is 1. The molecule has 0 aliphatic carbocycles. The van der Waals surface area contributed by atoms with Gasteiger partial charge in [0, 0.05) is 31.3 Å². The predicted molar refractivity (Wildman–Crippen MR) is 119 cm³/mol. The summed E-state index contributed by atoms with van der Waals surface area (Å²) in [4.78, 5) is 33.5. The molecule has 0 saturated carbocycles. The number of nitrogens with one attached hydrogen (secondary N) is 1. The van der Waals surface area contributed by atoms with Crippen LogP contribution in [-0.2, 0) is 17.5 Å². The molecule has 1 saturated heterocycles. The second-order valence-corrected chi connectivity index (χ2v) is 7.83. The molecule has 0 spiro atoms. The van der Waals surface area contributed by atoms with Gasteiger partial charge in [-0.1, -0.05) is 6.07 Å². The first-order chi connectivity index (χ1) is 16.7. The van der Waals surface area contributed by atoms with Gasteiger partial charge in [-0.25, -0.2) is 4.79 Å². The molecule has 4 rings (SSSR count). The summed E-state index contributed by atoms with van der Waals surface area (Å²) in [6, 6.07) is 7.34. The number of aliphatic hydroxyl groups is 1. The lowest BCUT2D eigenvalue weighted by molar-refractivity contribution is -0.137. The van der Waals surface area contributed by atoms with E-state index in [1.807, 2.05) is 0 Å². The minimum atomic E-state index is -4.60. The number of nitrogens with zero attached hydrogens (tertiary/aromatic N) is 3. The van der Waals surface area contributed by atoms with E-state index in [-0.39, 0.29) is 24.3 Å². The van der Waals surface area contributed by atoms with Gasteiger partial charge in [-0.05, 0) is 37.1 Å². The average Bonchev–Trinajstić information content (AvgIpc) is 3.17. The summed E-state index contributed by atoms with van der Waals surface area (Å²) in [5, 5.41) is 9.33. The highest BCUT2D eigenvalue weighted by Crippen LogP contribution is 2.34. The fraction of sp³-hybridized carbons (Fsp3) is 0.348. The molecule has 186 valence electrons. The molecule has 0 bridgehead atoms. The largest absolute Gasteiger partial charge is 0.494 e. The van der Waals surface area contributed by atoms with E-state index in [1.165, 1.54) is 18.1 Å². The lowest BCUT2D eigenvalue weighted by Crippen LogP contribution is -2.37. The Hall–Kier alpha value is -3.80. The van der Waals surface area contributed by atoms with Gasteiger partial charge in [0.15, 0.2) is 0 Å². The van der Waals surface area contributed by atoms with Gasteiger partial charge in [-0.2, -0.15) is 18.2 Å². The van der Waals surface area contributed by atoms with Gasteiger partial charge in [-0.15, -0.1) is 0 Å². The summed E-state index contributed by atoms with van der Waals surface area (Å²) in [7, 11) is 1.45. The predicted octanol–water partition coefficient (Wildman–Crippen LogP) is 3.47. The zero-order valence-corrected chi connectivity index (χ0v) is 18.8. The van der Waals surface area contributed by atoms with E-state index in [4.69, 9.17) is 9.47 Å². The van der Waals surface area contributed by atoms with Crippen LogP contribution in [-0.4, -0.2) is 53.5 Å². The highest BCUT2D eigenvalue weighted by Gasteiger charge is 2.31. The van der Waals surface area contributed by atoms with E-state index in [0.717, 1.165) is 18.2 Å². The van der Waals surface area contributed by atoms with Crippen molar-refractivity contribution in [2.45, 2.75) is 25.6 Å². The highest BCUT2D eigenvalue weighted by molar-refractivity contribution is 5.96. The summed E-state index contributed by atoms with van der Waals surface area (Å²) < 4.78 is 51.4. The van der Waals surface area contributed by atoms with E-state index in [0.29, 0.717) is 48.5 Å². The zero-order valence-electron chi connectivity index (χ0n) is 18.8. The van der Waals surface area contributed by atoms with Gasteiger partial charge in [0.2, 0.25) is 5.62 Å². The quantitative estimate of drug-likeness (QED) is 0.548. The number of hydrogen-bond acceptors (Lipinski definition) is 5. The van der Waals surface area contributed by atoms with Crippen LogP contribution in [0.1, 0.15) is 28.8 Å². The molecule has 0 atom stereocenters. The van der Waals surface area contributed by atoms with Crippen LogP contribution < -0.4 is 15.3 Å². The first-order valence-corrected chi connectivity index (χ1v) is 10.8. The van der Waals surface area contributed by atoms with E-state index >= 15 is 0 Å². The molecule has 1 fully saturated rings. The molecule has 2 heterocycles. The molecule has 1 aromatic heterocycles. The molecule has 2 amide bonds. The van der Waals surface area contributed by atoms with Crippen molar-refractivity contribution in [1.82, 2.24) is 9.55 Å². The SMILES string of the molecule is COc1cc2c(cc1N1CCCOC1=O)[nH]/c(=N\C(=O)c1cccc(C(F)(F)F)c1)n2CCCO. The molecular weight excluding hydrogens is 469 g/mol. The van der Waals surface area contributed by atoms with Crippen molar-refractivity contribution in [3.63, 3.8) is 0 Å². The molecular formula is C23H23F3N4O5. The number of alkyl halides is 3. The number of halogens is 3. The molecule has 2 N–H and O–H groups in total. The van der Waals surface area contributed by atoms with Crippen LogP contribution >= 0.6 is 0 Å². The number of benzene rings is 2. The topological polar surface area (TPSA) is 109 Å². The third kappa shape index (κ3) is 5.02. The number of amides is 2. The Labute approximate surface area is 197 Å². The normalized spacial score (nSPS) is 14.9. The number of carbonyl (C=O) groups excluding carboxylic acids is 2. The third-order valence-corrected chi connectivity index (χ3v) is 5.54. The second kappa shape index (κ2) is 9.82. The van der Waals surface area contributed by atoms with Gasteiger partial charge in [-0.3, -0.25) is 9.69 Å². The maximum absolute atomic E-state index is 13.1. The number of aromatic nitrogens is 2. The summed E-state index contributed by atoms with van der Waals surface area (Å²) >= 11 is 0. The van der Waals surface area contributed by atoms with Crippen LogP contribution in [0.2, 0.25) is 0 Å². The number of aliphatic hydroxyl groups excluding tert-OH is 1. The lowest BCUT2D eigenvalue weighted by atomic mass is 10.1. The summed E-state index contributed by atoms with van der Waals surface area (Å²) in [6.07, 6.45) is -4.14. The fourth-order valence-corrected chi connectivity index (χ4v) is 3.86. The van der Waals surface area contributed by atoms with Crippen molar-refractivity contribution < 1.29 is 37.3 Å². The Morgan fingerprint density at radius 1 is 1.29 bits per heavy atom. The van der Waals surface area contributed by atoms with Crippen molar-refractivity contribution in [3.05, 3.63) is 53.1 Å². The first-order valence-electron chi connectivity index (χ1n) is 10.8. The van der Waals surface area contributed by atoms with Crippen molar-refractivity contribution in [1.29, 1.82) is 0 Å². The summed E-state index contributed by atoms with van der Waals surface area (Å²) in [5.41, 5.74) is 0.438.